The largest absolute Gasteiger partial charge is 0.381 e. The molecule has 13 heavy (non-hydrogen) atoms. The molecule has 0 bridgehead atoms. The Hall–Kier alpha value is -0.590. The Morgan fingerprint density at radius 2 is 2.38 bits per heavy atom. The highest BCUT2D eigenvalue weighted by atomic mass is 16.5. The first kappa shape index (κ1) is 10.5. The molecule has 3 nitrogen and oxygen atoms in total. The highest BCUT2D eigenvalue weighted by Gasteiger charge is 2.13. The second-order valence-electron chi connectivity index (χ2n) is 3.67. The van der Waals surface area contributed by atoms with Crippen LogP contribution < -0.4 is 5.32 Å². The summed E-state index contributed by atoms with van der Waals surface area (Å²) >= 11 is 0. The van der Waals surface area contributed by atoms with Crippen molar-refractivity contribution >= 4 is 0 Å². The normalized spacial score (nSPS) is 26.0. The van der Waals surface area contributed by atoms with Crippen LogP contribution in [0.5, 0.6) is 0 Å². The summed E-state index contributed by atoms with van der Waals surface area (Å²) in [7, 11) is 0. The lowest BCUT2D eigenvalue weighted by molar-refractivity contribution is 0.142. The highest BCUT2D eigenvalue weighted by Crippen LogP contribution is 2.09. The minimum absolute atomic E-state index is 0.313. The molecule has 3 heteroatoms. The van der Waals surface area contributed by atoms with E-state index in [0.717, 1.165) is 26.1 Å². The molecule has 0 saturated carbocycles. The van der Waals surface area contributed by atoms with E-state index >= 15 is 0 Å². The van der Waals surface area contributed by atoms with Crippen LogP contribution in [0.25, 0.3) is 0 Å². The molecule has 1 saturated heterocycles. The standard InChI is InChI=1S/C10H18N2O/c1-9(4-6-11)12-10-3-2-7-13-8-5-10/h9-10,12H,2-5,7-8H2,1H3. The lowest BCUT2D eigenvalue weighted by Gasteiger charge is -2.19. The topological polar surface area (TPSA) is 45.0 Å². The Kier molecular flexibility index (Phi) is 4.81. The van der Waals surface area contributed by atoms with Crippen molar-refractivity contribution in [2.45, 2.75) is 44.7 Å². The Morgan fingerprint density at radius 1 is 1.54 bits per heavy atom. The Balaban J connectivity index is 2.22. The van der Waals surface area contributed by atoms with Crippen LogP contribution in [-0.4, -0.2) is 25.3 Å². The van der Waals surface area contributed by atoms with Crippen LogP contribution in [0.15, 0.2) is 0 Å². The van der Waals surface area contributed by atoms with Crippen LogP contribution in [0.3, 0.4) is 0 Å². The summed E-state index contributed by atoms with van der Waals surface area (Å²) in [5.74, 6) is 0. The maximum Gasteiger partial charge on any atom is 0.0638 e. The summed E-state index contributed by atoms with van der Waals surface area (Å²) in [5, 5.41) is 12.0. The van der Waals surface area contributed by atoms with Crippen LogP contribution in [0.2, 0.25) is 0 Å². The van der Waals surface area contributed by atoms with Gasteiger partial charge in [0.25, 0.3) is 0 Å². The predicted octanol–water partition coefficient (Wildman–Crippen LogP) is 1.45. The van der Waals surface area contributed by atoms with Gasteiger partial charge in [-0.25, -0.2) is 0 Å². The van der Waals surface area contributed by atoms with Gasteiger partial charge >= 0.3 is 0 Å². The smallest absolute Gasteiger partial charge is 0.0638 e. The molecule has 74 valence electrons. The molecule has 0 aromatic heterocycles. The number of nitrogens with zero attached hydrogens (tertiary/aromatic N) is 1. The third kappa shape index (κ3) is 4.25. The zero-order valence-corrected chi connectivity index (χ0v) is 8.25. The maximum absolute atomic E-state index is 8.51. The first-order chi connectivity index (χ1) is 6.33. The fourth-order valence-corrected chi connectivity index (χ4v) is 1.67. The van der Waals surface area contributed by atoms with Crippen molar-refractivity contribution in [3.63, 3.8) is 0 Å². The van der Waals surface area contributed by atoms with Gasteiger partial charge in [0.15, 0.2) is 0 Å². The van der Waals surface area contributed by atoms with Crippen molar-refractivity contribution in [2.24, 2.45) is 0 Å². The number of hydrogen-bond donors (Lipinski definition) is 1. The molecule has 0 amide bonds. The summed E-state index contributed by atoms with van der Waals surface area (Å²) in [6.07, 6.45) is 3.99. The summed E-state index contributed by atoms with van der Waals surface area (Å²) in [6, 6.07) is 3.04. The van der Waals surface area contributed by atoms with E-state index in [1.54, 1.807) is 0 Å². The van der Waals surface area contributed by atoms with E-state index in [9.17, 15) is 0 Å². The monoisotopic (exact) mass is 182 g/mol. The quantitative estimate of drug-likeness (QED) is 0.718. The summed E-state index contributed by atoms with van der Waals surface area (Å²) in [4.78, 5) is 0. The van der Waals surface area contributed by atoms with E-state index in [1.165, 1.54) is 6.42 Å². The molecular weight excluding hydrogens is 164 g/mol. The fraction of sp³-hybridized carbons (Fsp3) is 0.900. The van der Waals surface area contributed by atoms with E-state index in [4.69, 9.17) is 10.00 Å². The number of hydrogen-bond acceptors (Lipinski definition) is 3. The molecule has 1 N–H and O–H groups in total. The molecule has 1 heterocycles. The minimum Gasteiger partial charge on any atom is -0.381 e. The lowest BCUT2D eigenvalue weighted by Crippen LogP contribution is -2.36. The van der Waals surface area contributed by atoms with E-state index in [-0.39, 0.29) is 0 Å². The van der Waals surface area contributed by atoms with Gasteiger partial charge in [-0.15, -0.1) is 0 Å². The molecule has 0 aliphatic carbocycles. The van der Waals surface area contributed by atoms with Crippen molar-refractivity contribution in [3.05, 3.63) is 0 Å². The van der Waals surface area contributed by atoms with Gasteiger partial charge in [-0.3, -0.25) is 0 Å². The first-order valence-electron chi connectivity index (χ1n) is 5.03. The number of nitriles is 1. The van der Waals surface area contributed by atoms with Crippen LogP contribution in [0.4, 0.5) is 0 Å². The fourth-order valence-electron chi connectivity index (χ4n) is 1.67. The van der Waals surface area contributed by atoms with Crippen molar-refractivity contribution in [3.8, 4) is 6.07 Å². The summed E-state index contributed by atoms with van der Waals surface area (Å²) < 4.78 is 5.36. The molecule has 2 unspecified atom stereocenters. The molecule has 0 radical (unpaired) electrons. The Bertz CT molecular complexity index is 168. The van der Waals surface area contributed by atoms with Crippen LogP contribution in [0, 0.1) is 11.3 Å². The lowest BCUT2D eigenvalue weighted by atomic mass is 10.1. The Morgan fingerprint density at radius 3 is 3.15 bits per heavy atom. The van der Waals surface area contributed by atoms with Gasteiger partial charge in [-0.05, 0) is 26.2 Å². The van der Waals surface area contributed by atoms with Crippen molar-refractivity contribution in [1.29, 1.82) is 5.26 Å². The molecule has 0 aromatic rings. The second kappa shape index (κ2) is 5.95. The molecule has 1 fully saturated rings. The minimum atomic E-state index is 0.313. The number of nitrogens with one attached hydrogen (secondary N) is 1. The van der Waals surface area contributed by atoms with Gasteiger partial charge in [0.1, 0.15) is 0 Å². The molecule has 1 aliphatic rings. The molecule has 1 aliphatic heterocycles. The average molecular weight is 182 g/mol. The van der Waals surface area contributed by atoms with Crippen LogP contribution in [0.1, 0.15) is 32.6 Å². The zero-order valence-electron chi connectivity index (χ0n) is 8.25. The SMILES string of the molecule is CC(CC#N)NC1CCCOCC1. The average Bonchev–Trinajstić information content (AvgIpc) is 2.33. The van der Waals surface area contributed by atoms with E-state index in [2.05, 4.69) is 18.3 Å². The van der Waals surface area contributed by atoms with Crippen molar-refractivity contribution in [2.75, 3.05) is 13.2 Å². The van der Waals surface area contributed by atoms with Crippen LogP contribution in [-0.2, 0) is 4.74 Å². The van der Waals surface area contributed by atoms with Gasteiger partial charge in [-0.1, -0.05) is 0 Å². The third-order valence-electron chi connectivity index (χ3n) is 2.37. The molecular formula is C10H18N2O. The van der Waals surface area contributed by atoms with Gasteiger partial charge in [0.2, 0.25) is 0 Å². The number of rotatable bonds is 3. The zero-order chi connectivity index (χ0) is 9.52. The van der Waals surface area contributed by atoms with Crippen molar-refractivity contribution < 1.29 is 4.74 Å². The predicted molar refractivity (Wildman–Crippen MR) is 51.3 cm³/mol. The van der Waals surface area contributed by atoms with E-state index in [0.29, 0.717) is 18.5 Å². The summed E-state index contributed by atoms with van der Waals surface area (Å²) in [5.41, 5.74) is 0. The van der Waals surface area contributed by atoms with Gasteiger partial charge < -0.3 is 10.1 Å². The summed E-state index contributed by atoms with van der Waals surface area (Å²) in [6.45, 7) is 3.82. The van der Waals surface area contributed by atoms with Gasteiger partial charge in [0.05, 0.1) is 12.5 Å². The Labute approximate surface area is 80.1 Å². The number of ether oxygens (including phenoxy) is 1. The second-order valence-corrected chi connectivity index (χ2v) is 3.67. The molecule has 0 spiro atoms. The third-order valence-corrected chi connectivity index (χ3v) is 2.37. The molecule has 2 atom stereocenters. The van der Waals surface area contributed by atoms with Crippen LogP contribution >= 0.6 is 0 Å². The maximum atomic E-state index is 8.51. The first-order valence-corrected chi connectivity index (χ1v) is 5.03. The van der Waals surface area contributed by atoms with E-state index in [1.807, 2.05) is 0 Å². The molecule has 0 aromatic carbocycles. The van der Waals surface area contributed by atoms with Crippen molar-refractivity contribution in [1.82, 2.24) is 5.32 Å². The highest BCUT2D eigenvalue weighted by molar-refractivity contribution is 4.81. The van der Waals surface area contributed by atoms with Gasteiger partial charge in [0, 0.05) is 25.3 Å². The van der Waals surface area contributed by atoms with E-state index < -0.39 is 0 Å². The van der Waals surface area contributed by atoms with Gasteiger partial charge in [-0.2, -0.15) is 5.26 Å². The molecule has 1 rings (SSSR count).